The van der Waals surface area contributed by atoms with E-state index in [-0.39, 0.29) is 6.04 Å². The number of hydrogen-bond donors (Lipinski definition) is 2. The fourth-order valence-corrected chi connectivity index (χ4v) is 2.22. The third-order valence-electron chi connectivity index (χ3n) is 3.26. The highest BCUT2D eigenvalue weighted by Crippen LogP contribution is 2.18. The second kappa shape index (κ2) is 6.98. The minimum Gasteiger partial charge on any atom is -0.391 e. The van der Waals surface area contributed by atoms with Crippen molar-refractivity contribution in [1.29, 1.82) is 0 Å². The molecule has 0 fully saturated rings. The molecule has 2 aromatic carbocycles. The number of rotatable bonds is 6. The fourth-order valence-electron chi connectivity index (χ4n) is 2.22. The lowest BCUT2D eigenvalue weighted by atomic mass is 10.00. The molecule has 3 heteroatoms. The van der Waals surface area contributed by atoms with Gasteiger partial charge in [-0.15, -0.1) is 0 Å². The van der Waals surface area contributed by atoms with Crippen LogP contribution in [0.5, 0.6) is 0 Å². The topological polar surface area (TPSA) is 49.3 Å². The summed E-state index contributed by atoms with van der Waals surface area (Å²) in [5, 5.41) is 13.3. The lowest BCUT2D eigenvalue weighted by Gasteiger charge is -2.22. The minimum atomic E-state index is -0.541. The van der Waals surface area contributed by atoms with Gasteiger partial charge in [-0.1, -0.05) is 48.5 Å². The average molecular weight is 269 g/mol. The first kappa shape index (κ1) is 14.4. The van der Waals surface area contributed by atoms with E-state index in [4.69, 9.17) is 0 Å². The van der Waals surface area contributed by atoms with Crippen LogP contribution in [0.1, 0.15) is 34.5 Å². The standard InChI is InChI=1S/C17H19NO2/c1-13(20)17(16-9-5-8-15(10-16)12-19)18-11-14-6-3-2-4-7-14/h2-10,12-13,17-18,20H,11H2,1H3. The zero-order valence-corrected chi connectivity index (χ0v) is 11.5. The van der Waals surface area contributed by atoms with Crippen LogP contribution in [-0.2, 0) is 6.54 Å². The molecule has 2 aromatic rings. The Morgan fingerprint density at radius 1 is 1.15 bits per heavy atom. The first-order valence-electron chi connectivity index (χ1n) is 6.71. The molecule has 0 aliphatic rings. The number of aliphatic hydroxyl groups is 1. The van der Waals surface area contributed by atoms with Crippen LogP contribution in [-0.4, -0.2) is 17.5 Å². The van der Waals surface area contributed by atoms with Gasteiger partial charge < -0.3 is 10.4 Å². The maximum absolute atomic E-state index is 10.8. The van der Waals surface area contributed by atoms with E-state index >= 15 is 0 Å². The third kappa shape index (κ3) is 3.76. The van der Waals surface area contributed by atoms with Crippen molar-refractivity contribution in [3.63, 3.8) is 0 Å². The molecule has 2 rings (SSSR count). The van der Waals surface area contributed by atoms with Gasteiger partial charge in [0.15, 0.2) is 0 Å². The Morgan fingerprint density at radius 3 is 2.55 bits per heavy atom. The molecular weight excluding hydrogens is 250 g/mol. The number of carbonyl (C=O) groups is 1. The number of carbonyl (C=O) groups excluding carboxylic acids is 1. The van der Waals surface area contributed by atoms with E-state index in [2.05, 4.69) is 5.32 Å². The van der Waals surface area contributed by atoms with Gasteiger partial charge >= 0.3 is 0 Å². The number of aliphatic hydroxyl groups excluding tert-OH is 1. The van der Waals surface area contributed by atoms with Crippen molar-refractivity contribution in [2.45, 2.75) is 25.6 Å². The van der Waals surface area contributed by atoms with Crippen molar-refractivity contribution < 1.29 is 9.90 Å². The lowest BCUT2D eigenvalue weighted by Crippen LogP contribution is -2.29. The number of hydrogen-bond acceptors (Lipinski definition) is 3. The molecule has 2 unspecified atom stereocenters. The van der Waals surface area contributed by atoms with Crippen molar-refractivity contribution in [3.05, 3.63) is 71.3 Å². The van der Waals surface area contributed by atoms with Gasteiger partial charge in [0, 0.05) is 12.1 Å². The molecule has 2 N–H and O–H groups in total. The molecule has 0 amide bonds. The Labute approximate surface area is 119 Å². The summed E-state index contributed by atoms with van der Waals surface area (Å²) < 4.78 is 0. The van der Waals surface area contributed by atoms with E-state index < -0.39 is 6.10 Å². The van der Waals surface area contributed by atoms with Crippen LogP contribution in [0, 0.1) is 0 Å². The van der Waals surface area contributed by atoms with Crippen LogP contribution >= 0.6 is 0 Å². The Morgan fingerprint density at radius 2 is 1.90 bits per heavy atom. The van der Waals surface area contributed by atoms with Gasteiger partial charge in [-0.3, -0.25) is 4.79 Å². The normalized spacial score (nSPS) is 13.7. The Bertz CT molecular complexity index is 552. The van der Waals surface area contributed by atoms with Crippen LogP contribution in [0.3, 0.4) is 0 Å². The Kier molecular flexibility index (Phi) is 5.04. The first-order chi connectivity index (χ1) is 9.70. The molecular formula is C17H19NO2. The number of benzene rings is 2. The van der Waals surface area contributed by atoms with E-state index in [0.29, 0.717) is 12.1 Å². The van der Waals surface area contributed by atoms with Gasteiger partial charge in [0.2, 0.25) is 0 Å². The van der Waals surface area contributed by atoms with Crippen molar-refractivity contribution in [1.82, 2.24) is 5.32 Å². The highest BCUT2D eigenvalue weighted by molar-refractivity contribution is 5.75. The van der Waals surface area contributed by atoms with Crippen LogP contribution < -0.4 is 5.32 Å². The summed E-state index contributed by atoms with van der Waals surface area (Å²) in [7, 11) is 0. The SMILES string of the molecule is CC(O)C(NCc1ccccc1)c1cccc(C=O)c1. The fraction of sp³-hybridized carbons (Fsp3) is 0.235. The summed E-state index contributed by atoms with van der Waals surface area (Å²) in [5.74, 6) is 0. The van der Waals surface area contributed by atoms with Crippen LogP contribution in [0.25, 0.3) is 0 Å². The summed E-state index contributed by atoms with van der Waals surface area (Å²) >= 11 is 0. The van der Waals surface area contributed by atoms with E-state index in [1.54, 1.807) is 13.0 Å². The molecule has 104 valence electrons. The zero-order chi connectivity index (χ0) is 14.4. The second-order valence-electron chi connectivity index (χ2n) is 4.87. The summed E-state index contributed by atoms with van der Waals surface area (Å²) in [6.07, 6.45) is 0.278. The summed E-state index contributed by atoms with van der Waals surface area (Å²) in [6, 6.07) is 17.1. The Balaban J connectivity index is 2.12. The molecule has 0 radical (unpaired) electrons. The number of aldehydes is 1. The van der Waals surface area contributed by atoms with Crippen molar-refractivity contribution in [3.8, 4) is 0 Å². The molecule has 0 aliphatic heterocycles. The average Bonchev–Trinajstić information content (AvgIpc) is 2.48. The summed E-state index contributed by atoms with van der Waals surface area (Å²) in [5.41, 5.74) is 2.69. The van der Waals surface area contributed by atoms with Crippen LogP contribution in [0.15, 0.2) is 54.6 Å². The van der Waals surface area contributed by atoms with E-state index in [1.165, 1.54) is 0 Å². The first-order valence-corrected chi connectivity index (χ1v) is 6.71. The number of nitrogens with one attached hydrogen (secondary N) is 1. The molecule has 0 aromatic heterocycles. The van der Waals surface area contributed by atoms with Crippen LogP contribution in [0.4, 0.5) is 0 Å². The van der Waals surface area contributed by atoms with Crippen molar-refractivity contribution in [2.24, 2.45) is 0 Å². The Hall–Kier alpha value is -1.97. The predicted octanol–water partition coefficient (Wildman–Crippen LogP) is 2.71. The highest BCUT2D eigenvalue weighted by Gasteiger charge is 2.16. The van der Waals surface area contributed by atoms with Gasteiger partial charge in [0.05, 0.1) is 12.1 Å². The molecule has 0 heterocycles. The molecule has 0 saturated heterocycles. The van der Waals surface area contributed by atoms with Gasteiger partial charge in [-0.05, 0) is 24.1 Å². The minimum absolute atomic E-state index is 0.199. The van der Waals surface area contributed by atoms with Crippen molar-refractivity contribution >= 4 is 6.29 Å². The summed E-state index contributed by atoms with van der Waals surface area (Å²) in [6.45, 7) is 2.41. The molecule has 2 atom stereocenters. The summed E-state index contributed by atoms with van der Waals surface area (Å²) in [4.78, 5) is 10.8. The molecule has 20 heavy (non-hydrogen) atoms. The second-order valence-corrected chi connectivity index (χ2v) is 4.87. The molecule has 0 spiro atoms. The van der Waals surface area contributed by atoms with E-state index in [0.717, 1.165) is 17.4 Å². The zero-order valence-electron chi connectivity index (χ0n) is 11.5. The monoisotopic (exact) mass is 269 g/mol. The van der Waals surface area contributed by atoms with E-state index in [9.17, 15) is 9.90 Å². The maximum atomic E-state index is 10.8. The van der Waals surface area contributed by atoms with Gasteiger partial charge in [-0.25, -0.2) is 0 Å². The van der Waals surface area contributed by atoms with Gasteiger partial charge in [-0.2, -0.15) is 0 Å². The lowest BCUT2D eigenvalue weighted by molar-refractivity contribution is 0.112. The molecule has 0 bridgehead atoms. The quantitative estimate of drug-likeness (QED) is 0.793. The highest BCUT2D eigenvalue weighted by atomic mass is 16.3. The smallest absolute Gasteiger partial charge is 0.150 e. The molecule has 0 saturated carbocycles. The van der Waals surface area contributed by atoms with Gasteiger partial charge in [0.25, 0.3) is 0 Å². The molecule has 0 aliphatic carbocycles. The maximum Gasteiger partial charge on any atom is 0.150 e. The van der Waals surface area contributed by atoms with Crippen LogP contribution in [0.2, 0.25) is 0 Å². The molecule has 3 nitrogen and oxygen atoms in total. The third-order valence-corrected chi connectivity index (χ3v) is 3.26. The largest absolute Gasteiger partial charge is 0.391 e. The van der Waals surface area contributed by atoms with E-state index in [1.807, 2.05) is 48.5 Å². The predicted molar refractivity (Wildman–Crippen MR) is 79.5 cm³/mol. The van der Waals surface area contributed by atoms with Crippen molar-refractivity contribution in [2.75, 3.05) is 0 Å². The van der Waals surface area contributed by atoms with Gasteiger partial charge in [0.1, 0.15) is 6.29 Å².